The standard InChI is InChI=1S/C22H20F4N2O4/c23-17-11-15(3-4-16(17)22(24,25)26)28-7-5-21(31,6-8-28)12-19(29)27-14-2-1-13-9-20(30)32-18(13)10-14/h1-4,10-11,31H,5-9,12H2,(H,27,29). The fraction of sp³-hybridized carbons (Fsp3) is 0.364. The Hall–Kier alpha value is -3.14. The molecule has 32 heavy (non-hydrogen) atoms. The number of aliphatic hydroxyl groups is 1. The molecule has 0 aromatic heterocycles. The number of halogens is 4. The zero-order valence-corrected chi connectivity index (χ0v) is 16.8. The van der Waals surface area contributed by atoms with Crippen LogP contribution in [0.25, 0.3) is 0 Å². The van der Waals surface area contributed by atoms with Crippen LogP contribution < -0.4 is 15.0 Å². The molecule has 1 fully saturated rings. The maximum absolute atomic E-state index is 13.9. The van der Waals surface area contributed by atoms with Gasteiger partial charge >= 0.3 is 12.1 Å². The summed E-state index contributed by atoms with van der Waals surface area (Å²) in [4.78, 5) is 25.4. The Morgan fingerprint density at radius 3 is 2.53 bits per heavy atom. The largest absolute Gasteiger partial charge is 0.426 e. The van der Waals surface area contributed by atoms with Crippen LogP contribution >= 0.6 is 0 Å². The molecule has 2 aromatic rings. The van der Waals surface area contributed by atoms with Crippen molar-refractivity contribution in [3.05, 3.63) is 53.3 Å². The molecule has 0 saturated carbocycles. The topological polar surface area (TPSA) is 78.9 Å². The molecule has 2 aromatic carbocycles. The van der Waals surface area contributed by atoms with E-state index in [9.17, 15) is 32.3 Å². The van der Waals surface area contributed by atoms with Crippen molar-refractivity contribution in [2.75, 3.05) is 23.3 Å². The summed E-state index contributed by atoms with van der Waals surface area (Å²) in [6.07, 6.45) is -4.39. The second-order valence-electron chi connectivity index (χ2n) is 8.07. The van der Waals surface area contributed by atoms with Gasteiger partial charge in [-0.1, -0.05) is 6.07 Å². The van der Waals surface area contributed by atoms with Crippen LogP contribution in [0.1, 0.15) is 30.4 Å². The predicted octanol–water partition coefficient (Wildman–Crippen LogP) is 3.67. The lowest BCUT2D eigenvalue weighted by Gasteiger charge is -2.39. The van der Waals surface area contributed by atoms with Crippen LogP contribution in [0, 0.1) is 5.82 Å². The number of hydrogen-bond acceptors (Lipinski definition) is 5. The molecule has 2 aliphatic heterocycles. The number of ether oxygens (including phenoxy) is 1. The Morgan fingerprint density at radius 1 is 1.16 bits per heavy atom. The smallest absolute Gasteiger partial charge is 0.419 e. The Balaban J connectivity index is 1.34. The number of carbonyl (C=O) groups is 2. The molecule has 0 bridgehead atoms. The third-order valence-electron chi connectivity index (χ3n) is 5.72. The second kappa shape index (κ2) is 8.09. The molecule has 4 rings (SSSR count). The first-order chi connectivity index (χ1) is 15.0. The van der Waals surface area contributed by atoms with E-state index in [-0.39, 0.29) is 50.4 Å². The SMILES string of the molecule is O=C(CC1(O)CCN(c2ccc(C(F)(F)F)c(F)c2)CC1)Nc1ccc2c(c1)OC(=O)C2. The van der Waals surface area contributed by atoms with E-state index >= 15 is 0 Å². The molecule has 6 nitrogen and oxygen atoms in total. The van der Waals surface area contributed by atoms with E-state index in [4.69, 9.17) is 4.74 Å². The van der Waals surface area contributed by atoms with Gasteiger partial charge in [-0.15, -0.1) is 0 Å². The molecular formula is C22H20F4N2O4. The third-order valence-corrected chi connectivity index (χ3v) is 5.72. The molecule has 0 radical (unpaired) electrons. The molecule has 0 atom stereocenters. The van der Waals surface area contributed by atoms with Gasteiger partial charge in [-0.05, 0) is 37.1 Å². The van der Waals surface area contributed by atoms with Gasteiger partial charge in [0.1, 0.15) is 11.6 Å². The molecule has 170 valence electrons. The first kappa shape index (κ1) is 22.1. The van der Waals surface area contributed by atoms with Crippen LogP contribution in [0.4, 0.5) is 28.9 Å². The lowest BCUT2D eigenvalue weighted by molar-refractivity contribution is -0.140. The maximum Gasteiger partial charge on any atom is 0.419 e. The van der Waals surface area contributed by atoms with Gasteiger partial charge in [-0.2, -0.15) is 13.2 Å². The Kier molecular flexibility index (Phi) is 5.58. The van der Waals surface area contributed by atoms with Crippen molar-refractivity contribution < 1.29 is 37.0 Å². The van der Waals surface area contributed by atoms with Gasteiger partial charge in [0.2, 0.25) is 5.91 Å². The number of carbonyl (C=O) groups excluding carboxylic acids is 2. The number of anilines is 2. The number of hydrogen-bond donors (Lipinski definition) is 2. The maximum atomic E-state index is 13.9. The van der Waals surface area contributed by atoms with Gasteiger partial charge in [0.25, 0.3) is 0 Å². The molecule has 2 heterocycles. The summed E-state index contributed by atoms with van der Waals surface area (Å²) < 4.78 is 57.1. The minimum absolute atomic E-state index is 0.181. The highest BCUT2D eigenvalue weighted by molar-refractivity contribution is 5.92. The Bertz CT molecular complexity index is 1060. The molecule has 1 saturated heterocycles. The lowest BCUT2D eigenvalue weighted by Crippen LogP contribution is -2.46. The van der Waals surface area contributed by atoms with E-state index < -0.39 is 29.1 Å². The van der Waals surface area contributed by atoms with Crippen molar-refractivity contribution in [3.63, 3.8) is 0 Å². The highest BCUT2D eigenvalue weighted by Gasteiger charge is 2.37. The van der Waals surface area contributed by atoms with Gasteiger partial charge in [0.15, 0.2) is 0 Å². The Labute approximate surface area is 180 Å². The molecule has 0 aliphatic carbocycles. The summed E-state index contributed by atoms with van der Waals surface area (Å²) in [5.41, 5.74) is -1.17. The molecule has 10 heteroatoms. The van der Waals surface area contributed by atoms with Crippen molar-refractivity contribution in [1.82, 2.24) is 0 Å². The summed E-state index contributed by atoms with van der Waals surface area (Å²) in [7, 11) is 0. The lowest BCUT2D eigenvalue weighted by atomic mass is 9.87. The van der Waals surface area contributed by atoms with E-state index in [2.05, 4.69) is 5.32 Å². The predicted molar refractivity (Wildman–Crippen MR) is 107 cm³/mol. The van der Waals surface area contributed by atoms with Crippen LogP contribution in [0.15, 0.2) is 36.4 Å². The Morgan fingerprint density at radius 2 is 1.88 bits per heavy atom. The number of nitrogens with one attached hydrogen (secondary N) is 1. The number of esters is 1. The average molecular weight is 452 g/mol. The molecule has 2 aliphatic rings. The summed E-state index contributed by atoms with van der Waals surface area (Å²) >= 11 is 0. The van der Waals surface area contributed by atoms with Crippen LogP contribution in [0.2, 0.25) is 0 Å². The first-order valence-corrected chi connectivity index (χ1v) is 10.00. The number of amides is 1. The highest BCUT2D eigenvalue weighted by atomic mass is 19.4. The van der Waals surface area contributed by atoms with Crippen LogP contribution in [0.3, 0.4) is 0 Å². The summed E-state index contributed by atoms with van der Waals surface area (Å²) in [5.74, 6) is -1.75. The minimum atomic E-state index is -4.77. The van der Waals surface area contributed by atoms with E-state index in [0.717, 1.165) is 11.6 Å². The van der Waals surface area contributed by atoms with Crippen molar-refractivity contribution in [1.29, 1.82) is 0 Å². The van der Waals surface area contributed by atoms with E-state index in [1.807, 2.05) is 0 Å². The number of piperidine rings is 1. The monoisotopic (exact) mass is 452 g/mol. The molecular weight excluding hydrogens is 432 g/mol. The third kappa shape index (κ3) is 4.69. The van der Waals surface area contributed by atoms with Gasteiger partial charge in [-0.25, -0.2) is 4.39 Å². The molecule has 0 unspecified atom stereocenters. The van der Waals surface area contributed by atoms with Crippen LogP contribution in [-0.4, -0.2) is 35.7 Å². The fourth-order valence-electron chi connectivity index (χ4n) is 3.98. The number of alkyl halides is 3. The molecule has 2 N–H and O–H groups in total. The van der Waals surface area contributed by atoms with Gasteiger partial charge in [0.05, 0.1) is 24.0 Å². The number of fused-ring (bicyclic) bond motifs is 1. The van der Waals surface area contributed by atoms with Gasteiger partial charge in [0, 0.05) is 36.1 Å². The van der Waals surface area contributed by atoms with Crippen molar-refractivity contribution >= 4 is 23.3 Å². The van der Waals surface area contributed by atoms with Crippen LogP contribution in [0.5, 0.6) is 5.75 Å². The van der Waals surface area contributed by atoms with Crippen molar-refractivity contribution in [2.24, 2.45) is 0 Å². The summed E-state index contributed by atoms with van der Waals surface area (Å²) in [6.45, 7) is 0.507. The zero-order chi connectivity index (χ0) is 23.1. The normalized spacial score (nSPS) is 17.7. The van der Waals surface area contributed by atoms with Crippen LogP contribution in [-0.2, 0) is 22.2 Å². The van der Waals surface area contributed by atoms with Gasteiger partial charge < -0.3 is 20.1 Å². The van der Waals surface area contributed by atoms with E-state index in [0.29, 0.717) is 17.5 Å². The molecule has 0 spiro atoms. The zero-order valence-electron chi connectivity index (χ0n) is 16.8. The quantitative estimate of drug-likeness (QED) is 0.421. The van der Waals surface area contributed by atoms with E-state index in [1.54, 1.807) is 23.1 Å². The minimum Gasteiger partial charge on any atom is -0.426 e. The number of rotatable bonds is 4. The van der Waals surface area contributed by atoms with Gasteiger partial charge in [-0.3, -0.25) is 9.59 Å². The molecule has 1 amide bonds. The summed E-state index contributed by atoms with van der Waals surface area (Å²) in [6, 6.07) is 7.61. The van der Waals surface area contributed by atoms with Crippen molar-refractivity contribution in [3.8, 4) is 5.75 Å². The number of benzene rings is 2. The van der Waals surface area contributed by atoms with Crippen molar-refractivity contribution in [2.45, 2.75) is 37.5 Å². The van der Waals surface area contributed by atoms with E-state index in [1.165, 1.54) is 6.07 Å². The fourth-order valence-corrected chi connectivity index (χ4v) is 3.98. The summed E-state index contributed by atoms with van der Waals surface area (Å²) in [5, 5.41) is 13.5. The first-order valence-electron chi connectivity index (χ1n) is 10.00. The highest BCUT2D eigenvalue weighted by Crippen LogP contribution is 2.35. The number of nitrogens with zero attached hydrogens (tertiary/aromatic N) is 1. The second-order valence-corrected chi connectivity index (χ2v) is 8.07. The average Bonchev–Trinajstić information content (AvgIpc) is 3.06.